The summed E-state index contributed by atoms with van der Waals surface area (Å²) in [4.78, 5) is 6.62. The Bertz CT molecular complexity index is 1480. The molecule has 1 saturated heterocycles. The summed E-state index contributed by atoms with van der Waals surface area (Å²) in [6, 6.07) is 18.7. The summed E-state index contributed by atoms with van der Waals surface area (Å²) in [7, 11) is 0. The molecule has 1 aliphatic rings. The molecule has 0 bridgehead atoms. The molecule has 0 amide bonds. The molecule has 0 aliphatic carbocycles. The summed E-state index contributed by atoms with van der Waals surface area (Å²) in [6.07, 6.45) is -2.75. The van der Waals surface area contributed by atoms with Crippen LogP contribution in [0.1, 0.15) is 45.9 Å². The molecule has 0 saturated carbocycles. The van der Waals surface area contributed by atoms with Crippen LogP contribution in [-0.4, -0.2) is 14.7 Å². The van der Waals surface area contributed by atoms with Gasteiger partial charge in [-0.1, -0.05) is 34.1 Å². The highest BCUT2D eigenvalue weighted by molar-refractivity contribution is 9.10. The van der Waals surface area contributed by atoms with E-state index in [2.05, 4.69) is 26.2 Å². The number of alkyl halides is 3. The van der Waals surface area contributed by atoms with E-state index in [1.54, 1.807) is 16.8 Å². The van der Waals surface area contributed by atoms with Crippen molar-refractivity contribution < 1.29 is 13.2 Å². The summed E-state index contributed by atoms with van der Waals surface area (Å²) in [5.41, 5.74) is 4.45. The van der Waals surface area contributed by atoms with E-state index in [-0.39, 0.29) is 17.8 Å². The lowest BCUT2D eigenvalue weighted by Gasteiger charge is -2.28. The highest BCUT2D eigenvalue weighted by Crippen LogP contribution is 2.45. The van der Waals surface area contributed by atoms with Crippen molar-refractivity contribution >= 4 is 38.9 Å². The molecule has 0 spiro atoms. The summed E-state index contributed by atoms with van der Waals surface area (Å²) >= 11 is 9.38. The molecule has 4 nitrogen and oxygen atoms in total. The van der Waals surface area contributed by atoms with Crippen LogP contribution in [0.25, 0.3) is 5.69 Å². The van der Waals surface area contributed by atoms with Crippen molar-refractivity contribution in [1.82, 2.24) is 14.9 Å². The van der Waals surface area contributed by atoms with Crippen molar-refractivity contribution in [1.29, 1.82) is 0 Å². The fourth-order valence-electron chi connectivity index (χ4n) is 5.09. The zero-order chi connectivity index (χ0) is 26.5. The van der Waals surface area contributed by atoms with Crippen molar-refractivity contribution in [3.63, 3.8) is 0 Å². The van der Waals surface area contributed by atoms with E-state index in [1.807, 2.05) is 68.1 Å². The van der Waals surface area contributed by atoms with E-state index in [9.17, 15) is 13.2 Å². The lowest BCUT2D eigenvalue weighted by molar-refractivity contribution is -0.137. The van der Waals surface area contributed by atoms with Gasteiger partial charge in [0.25, 0.3) is 0 Å². The molecule has 1 fully saturated rings. The van der Waals surface area contributed by atoms with Gasteiger partial charge in [-0.15, -0.1) is 0 Å². The molecule has 9 heteroatoms. The van der Waals surface area contributed by atoms with Gasteiger partial charge < -0.3 is 14.8 Å². The minimum Gasteiger partial charge on any atom is -0.351 e. The maximum Gasteiger partial charge on any atom is 0.418 e. The SMILES string of the molecule is Cc1cc(N2C(=S)N[C@H](c3ccccn3)[C@H]2c2cc(C)n(-c3ccccc3C(F)(F)F)c2C)ccc1Br. The van der Waals surface area contributed by atoms with Crippen LogP contribution in [0.15, 0.2) is 77.4 Å². The van der Waals surface area contributed by atoms with Crippen LogP contribution in [0, 0.1) is 20.8 Å². The van der Waals surface area contributed by atoms with Crippen molar-refractivity contribution in [2.75, 3.05) is 4.90 Å². The van der Waals surface area contributed by atoms with Crippen LogP contribution >= 0.6 is 28.1 Å². The quantitative estimate of drug-likeness (QED) is 0.248. The number of nitrogens with one attached hydrogen (secondary N) is 1. The summed E-state index contributed by atoms with van der Waals surface area (Å²) in [5, 5.41) is 3.96. The molecule has 4 aromatic rings. The van der Waals surface area contributed by atoms with E-state index in [4.69, 9.17) is 12.2 Å². The van der Waals surface area contributed by atoms with Gasteiger partial charge in [-0.2, -0.15) is 13.2 Å². The molecule has 1 N–H and O–H groups in total. The Hall–Kier alpha value is -3.17. The van der Waals surface area contributed by atoms with Gasteiger partial charge in [0.2, 0.25) is 0 Å². The molecule has 2 atom stereocenters. The number of aryl methyl sites for hydroxylation is 2. The molecule has 2 aromatic carbocycles. The van der Waals surface area contributed by atoms with Gasteiger partial charge in [-0.05, 0) is 92.6 Å². The predicted molar refractivity (Wildman–Crippen MR) is 147 cm³/mol. The molecular weight excluding hydrogens is 561 g/mol. The van der Waals surface area contributed by atoms with E-state index >= 15 is 0 Å². The van der Waals surface area contributed by atoms with Gasteiger partial charge in [0.1, 0.15) is 0 Å². The van der Waals surface area contributed by atoms with Gasteiger partial charge in [0.05, 0.1) is 29.0 Å². The third kappa shape index (κ3) is 4.55. The first-order valence-electron chi connectivity index (χ1n) is 11.7. The molecule has 1 aliphatic heterocycles. The van der Waals surface area contributed by atoms with E-state index < -0.39 is 11.7 Å². The lowest BCUT2D eigenvalue weighted by atomic mass is 9.96. The number of pyridine rings is 1. The second-order valence-electron chi connectivity index (χ2n) is 9.11. The molecule has 5 rings (SSSR count). The molecule has 2 aromatic heterocycles. The van der Waals surface area contributed by atoms with Crippen molar-refractivity contribution in [2.24, 2.45) is 0 Å². The van der Waals surface area contributed by atoms with Gasteiger partial charge in [0, 0.05) is 27.7 Å². The smallest absolute Gasteiger partial charge is 0.351 e. The number of anilines is 1. The molecule has 0 unspecified atom stereocenters. The topological polar surface area (TPSA) is 33.1 Å². The van der Waals surface area contributed by atoms with Gasteiger partial charge in [-0.25, -0.2) is 0 Å². The number of thiocarbonyl (C=S) groups is 1. The molecule has 3 heterocycles. The van der Waals surface area contributed by atoms with Gasteiger partial charge in [-0.3, -0.25) is 4.98 Å². The molecule has 0 radical (unpaired) electrons. The van der Waals surface area contributed by atoms with Crippen molar-refractivity contribution in [2.45, 2.75) is 39.0 Å². The van der Waals surface area contributed by atoms with Crippen molar-refractivity contribution in [3.05, 3.63) is 111 Å². The predicted octanol–water partition coefficient (Wildman–Crippen LogP) is 7.76. The van der Waals surface area contributed by atoms with E-state index in [0.29, 0.717) is 16.5 Å². The van der Waals surface area contributed by atoms with E-state index in [0.717, 1.165) is 33.0 Å². The van der Waals surface area contributed by atoms with Crippen LogP contribution in [0.3, 0.4) is 0 Å². The first-order chi connectivity index (χ1) is 17.6. The van der Waals surface area contributed by atoms with Crippen LogP contribution in [0.5, 0.6) is 0 Å². The van der Waals surface area contributed by atoms with Gasteiger partial charge >= 0.3 is 6.18 Å². The summed E-state index contributed by atoms with van der Waals surface area (Å²) in [5.74, 6) is 0. The Labute approximate surface area is 227 Å². The first-order valence-corrected chi connectivity index (χ1v) is 12.9. The normalized spacial score (nSPS) is 17.8. The Morgan fingerprint density at radius 1 is 0.973 bits per heavy atom. The lowest BCUT2D eigenvalue weighted by Crippen LogP contribution is -2.29. The van der Waals surface area contributed by atoms with Crippen molar-refractivity contribution in [3.8, 4) is 5.69 Å². The Balaban J connectivity index is 1.71. The molecule has 37 heavy (non-hydrogen) atoms. The third-order valence-corrected chi connectivity index (χ3v) is 7.96. The number of hydrogen-bond donors (Lipinski definition) is 1. The summed E-state index contributed by atoms with van der Waals surface area (Å²) < 4.78 is 44.5. The van der Waals surface area contributed by atoms with E-state index in [1.165, 1.54) is 12.1 Å². The number of aromatic nitrogens is 2. The van der Waals surface area contributed by atoms with Gasteiger partial charge in [0.15, 0.2) is 5.11 Å². The average molecular weight is 585 g/mol. The maximum atomic E-state index is 13.9. The number of para-hydroxylation sites is 1. The zero-order valence-corrected chi connectivity index (χ0v) is 22.7. The standard InChI is InChI=1S/C28H24BrF3N4S/c1-16-14-19(11-12-22(16)29)36-26(25(34-27(36)37)23-9-6-7-13-33-23)20-15-17(2)35(18(20)3)24-10-5-4-8-21(24)28(30,31)32/h4-15,25-26H,1-3H3,(H,34,37)/t25-,26-/m1/s1. The number of nitrogens with zero attached hydrogens (tertiary/aromatic N) is 3. The fraction of sp³-hybridized carbons (Fsp3) is 0.214. The monoisotopic (exact) mass is 584 g/mol. The third-order valence-electron chi connectivity index (χ3n) is 6.76. The number of halogens is 4. The van der Waals surface area contributed by atoms with Crippen LogP contribution in [-0.2, 0) is 6.18 Å². The fourth-order valence-corrected chi connectivity index (χ4v) is 5.69. The first kappa shape index (κ1) is 25.5. The Morgan fingerprint density at radius 2 is 1.70 bits per heavy atom. The second-order valence-corrected chi connectivity index (χ2v) is 10.3. The maximum absolute atomic E-state index is 13.9. The average Bonchev–Trinajstić information content (AvgIpc) is 3.36. The number of benzene rings is 2. The summed E-state index contributed by atoms with van der Waals surface area (Å²) in [6.45, 7) is 5.69. The van der Waals surface area contributed by atoms with Crippen LogP contribution in [0.2, 0.25) is 0 Å². The second kappa shape index (κ2) is 9.61. The molecule has 190 valence electrons. The Kier molecular flexibility index (Phi) is 6.62. The van der Waals surface area contributed by atoms with Crippen LogP contribution in [0.4, 0.5) is 18.9 Å². The number of hydrogen-bond acceptors (Lipinski definition) is 2. The minimum atomic E-state index is -4.48. The highest BCUT2D eigenvalue weighted by Gasteiger charge is 2.43. The number of rotatable bonds is 4. The zero-order valence-electron chi connectivity index (χ0n) is 20.3. The Morgan fingerprint density at radius 3 is 2.38 bits per heavy atom. The minimum absolute atomic E-state index is 0.102. The largest absolute Gasteiger partial charge is 0.418 e. The highest BCUT2D eigenvalue weighted by atomic mass is 79.9. The van der Waals surface area contributed by atoms with Crippen LogP contribution < -0.4 is 10.2 Å². The molecular formula is C28H24BrF3N4S.